The molecule has 0 saturated heterocycles. The van der Waals surface area contributed by atoms with E-state index >= 15 is 0 Å². The number of hydrogen-bond acceptors (Lipinski definition) is 5. The number of benzene rings is 1. The van der Waals surface area contributed by atoms with Crippen molar-refractivity contribution in [2.45, 2.75) is 59.0 Å². The SMILES string of the molecule is CCCCOc1cnc(-c2ccc(CC(C)OC(=O)CCC)cc2)nc1. The smallest absolute Gasteiger partial charge is 0.306 e. The minimum atomic E-state index is -0.133. The first kappa shape index (κ1) is 19.9. The lowest BCUT2D eigenvalue weighted by Crippen LogP contribution is -2.16. The third-order valence-electron chi connectivity index (χ3n) is 3.92. The summed E-state index contributed by atoms with van der Waals surface area (Å²) in [4.78, 5) is 20.3. The van der Waals surface area contributed by atoms with Gasteiger partial charge in [0.2, 0.25) is 0 Å². The van der Waals surface area contributed by atoms with Crippen molar-refractivity contribution in [1.82, 2.24) is 9.97 Å². The van der Waals surface area contributed by atoms with Crippen LogP contribution in [0.5, 0.6) is 5.75 Å². The van der Waals surface area contributed by atoms with Crippen LogP contribution in [0.3, 0.4) is 0 Å². The highest BCUT2D eigenvalue weighted by Gasteiger charge is 2.10. The Morgan fingerprint density at radius 2 is 1.77 bits per heavy atom. The van der Waals surface area contributed by atoms with E-state index in [1.807, 2.05) is 38.1 Å². The number of nitrogens with zero attached hydrogens (tertiary/aromatic N) is 2. The fourth-order valence-electron chi connectivity index (χ4n) is 2.53. The zero-order chi connectivity index (χ0) is 18.8. The molecular weight excluding hydrogens is 328 g/mol. The molecule has 1 aromatic carbocycles. The molecule has 0 aliphatic rings. The van der Waals surface area contributed by atoms with Gasteiger partial charge in [-0.05, 0) is 25.3 Å². The number of esters is 1. The number of unbranched alkanes of at least 4 members (excludes halogenated alkanes) is 1. The Morgan fingerprint density at radius 3 is 2.38 bits per heavy atom. The van der Waals surface area contributed by atoms with Gasteiger partial charge in [-0.3, -0.25) is 4.79 Å². The number of carbonyl (C=O) groups is 1. The molecule has 5 nitrogen and oxygen atoms in total. The Bertz CT molecular complexity index is 669. The van der Waals surface area contributed by atoms with Crippen molar-refractivity contribution in [2.75, 3.05) is 6.61 Å². The van der Waals surface area contributed by atoms with Gasteiger partial charge in [-0.15, -0.1) is 0 Å². The van der Waals surface area contributed by atoms with Crippen LogP contribution in [-0.4, -0.2) is 28.6 Å². The second kappa shape index (κ2) is 10.5. The Hall–Kier alpha value is -2.43. The summed E-state index contributed by atoms with van der Waals surface area (Å²) in [5, 5.41) is 0. The molecule has 0 spiro atoms. The summed E-state index contributed by atoms with van der Waals surface area (Å²) >= 11 is 0. The van der Waals surface area contributed by atoms with E-state index in [1.165, 1.54) is 0 Å². The van der Waals surface area contributed by atoms with Crippen LogP contribution in [0, 0.1) is 0 Å². The molecule has 5 heteroatoms. The van der Waals surface area contributed by atoms with E-state index in [2.05, 4.69) is 16.9 Å². The van der Waals surface area contributed by atoms with E-state index < -0.39 is 0 Å². The van der Waals surface area contributed by atoms with Crippen molar-refractivity contribution in [3.63, 3.8) is 0 Å². The van der Waals surface area contributed by atoms with Gasteiger partial charge in [0, 0.05) is 18.4 Å². The van der Waals surface area contributed by atoms with Crippen LogP contribution in [0.2, 0.25) is 0 Å². The highest BCUT2D eigenvalue weighted by Crippen LogP contribution is 2.18. The molecule has 0 saturated carbocycles. The van der Waals surface area contributed by atoms with Crippen LogP contribution in [-0.2, 0) is 16.0 Å². The molecule has 2 aromatic rings. The van der Waals surface area contributed by atoms with Gasteiger partial charge in [0.25, 0.3) is 0 Å². The maximum Gasteiger partial charge on any atom is 0.306 e. The van der Waals surface area contributed by atoms with Gasteiger partial charge in [0.15, 0.2) is 11.6 Å². The number of ether oxygens (including phenoxy) is 2. The normalized spacial score (nSPS) is 11.8. The second-order valence-electron chi connectivity index (χ2n) is 6.40. The largest absolute Gasteiger partial charge is 0.490 e. The van der Waals surface area contributed by atoms with Gasteiger partial charge in [0.05, 0.1) is 19.0 Å². The second-order valence-corrected chi connectivity index (χ2v) is 6.40. The first-order chi connectivity index (χ1) is 12.6. The summed E-state index contributed by atoms with van der Waals surface area (Å²) < 4.78 is 11.0. The summed E-state index contributed by atoms with van der Waals surface area (Å²) in [6.07, 6.45) is 7.39. The fraction of sp³-hybridized carbons (Fsp3) is 0.476. The molecule has 26 heavy (non-hydrogen) atoms. The lowest BCUT2D eigenvalue weighted by Gasteiger charge is -2.13. The zero-order valence-corrected chi connectivity index (χ0v) is 15.9. The topological polar surface area (TPSA) is 61.3 Å². The molecule has 0 bridgehead atoms. The average Bonchev–Trinajstić information content (AvgIpc) is 2.63. The van der Waals surface area contributed by atoms with Crippen molar-refractivity contribution in [3.8, 4) is 17.1 Å². The van der Waals surface area contributed by atoms with Crippen LogP contribution in [0.4, 0.5) is 0 Å². The predicted octanol–water partition coefficient (Wildman–Crippen LogP) is 4.60. The Balaban J connectivity index is 1.91. The standard InChI is InChI=1S/C21H28N2O3/c1-4-6-12-25-19-14-22-21(23-15-19)18-10-8-17(9-11-18)13-16(3)26-20(24)7-5-2/h8-11,14-16H,4-7,12-13H2,1-3H3. The molecule has 0 fully saturated rings. The first-order valence-corrected chi connectivity index (χ1v) is 9.36. The molecule has 1 unspecified atom stereocenters. The Labute approximate surface area is 155 Å². The molecule has 0 radical (unpaired) electrons. The first-order valence-electron chi connectivity index (χ1n) is 9.36. The maximum absolute atomic E-state index is 11.5. The van der Waals surface area contributed by atoms with E-state index in [9.17, 15) is 4.79 Å². The van der Waals surface area contributed by atoms with Crippen LogP contribution in [0.1, 0.15) is 52.0 Å². The van der Waals surface area contributed by atoms with Crippen LogP contribution in [0.25, 0.3) is 11.4 Å². The molecule has 0 N–H and O–H groups in total. The molecule has 0 amide bonds. The summed E-state index contributed by atoms with van der Waals surface area (Å²) in [5.41, 5.74) is 2.06. The molecule has 0 aliphatic heterocycles. The van der Waals surface area contributed by atoms with Gasteiger partial charge < -0.3 is 9.47 Å². The van der Waals surface area contributed by atoms with E-state index in [-0.39, 0.29) is 12.1 Å². The number of aromatic nitrogens is 2. The lowest BCUT2D eigenvalue weighted by molar-refractivity contribution is -0.148. The quantitative estimate of drug-likeness (QED) is 0.460. The van der Waals surface area contributed by atoms with Crippen molar-refractivity contribution in [1.29, 1.82) is 0 Å². The van der Waals surface area contributed by atoms with Crippen LogP contribution >= 0.6 is 0 Å². The third-order valence-corrected chi connectivity index (χ3v) is 3.92. The molecule has 140 valence electrons. The summed E-state index contributed by atoms with van der Waals surface area (Å²) in [6, 6.07) is 8.02. The maximum atomic E-state index is 11.5. The average molecular weight is 356 g/mol. The molecule has 1 atom stereocenters. The van der Waals surface area contributed by atoms with Crippen molar-refractivity contribution < 1.29 is 14.3 Å². The van der Waals surface area contributed by atoms with E-state index in [0.717, 1.165) is 30.4 Å². The van der Waals surface area contributed by atoms with E-state index in [0.29, 0.717) is 31.0 Å². The lowest BCUT2D eigenvalue weighted by atomic mass is 10.1. The zero-order valence-electron chi connectivity index (χ0n) is 15.9. The molecular formula is C21H28N2O3. The van der Waals surface area contributed by atoms with Gasteiger partial charge in [-0.2, -0.15) is 0 Å². The summed E-state index contributed by atoms with van der Waals surface area (Å²) in [7, 11) is 0. The summed E-state index contributed by atoms with van der Waals surface area (Å²) in [6.45, 7) is 6.70. The molecule has 2 rings (SSSR count). The fourth-order valence-corrected chi connectivity index (χ4v) is 2.53. The molecule has 0 aliphatic carbocycles. The van der Waals surface area contributed by atoms with Crippen LogP contribution < -0.4 is 4.74 Å². The van der Waals surface area contributed by atoms with Gasteiger partial charge in [-0.25, -0.2) is 9.97 Å². The Kier molecular flexibility index (Phi) is 8.06. The minimum Gasteiger partial charge on any atom is -0.490 e. The van der Waals surface area contributed by atoms with Crippen molar-refractivity contribution in [2.24, 2.45) is 0 Å². The monoisotopic (exact) mass is 356 g/mol. The highest BCUT2D eigenvalue weighted by molar-refractivity contribution is 5.69. The van der Waals surface area contributed by atoms with Crippen molar-refractivity contribution in [3.05, 3.63) is 42.2 Å². The minimum absolute atomic E-state index is 0.129. The van der Waals surface area contributed by atoms with Crippen molar-refractivity contribution >= 4 is 5.97 Å². The van der Waals surface area contributed by atoms with Gasteiger partial charge >= 0.3 is 5.97 Å². The number of rotatable bonds is 10. The number of hydrogen-bond donors (Lipinski definition) is 0. The molecule has 1 aromatic heterocycles. The van der Waals surface area contributed by atoms with E-state index in [1.54, 1.807) is 12.4 Å². The molecule has 1 heterocycles. The summed E-state index contributed by atoms with van der Waals surface area (Å²) in [5.74, 6) is 1.23. The Morgan fingerprint density at radius 1 is 1.08 bits per heavy atom. The highest BCUT2D eigenvalue weighted by atomic mass is 16.5. The predicted molar refractivity (Wildman–Crippen MR) is 102 cm³/mol. The van der Waals surface area contributed by atoms with Gasteiger partial charge in [0.1, 0.15) is 6.10 Å². The number of carbonyl (C=O) groups excluding carboxylic acids is 1. The third kappa shape index (κ3) is 6.47. The van der Waals surface area contributed by atoms with Crippen LogP contribution in [0.15, 0.2) is 36.7 Å². The van der Waals surface area contributed by atoms with Gasteiger partial charge in [-0.1, -0.05) is 44.5 Å². The van der Waals surface area contributed by atoms with E-state index in [4.69, 9.17) is 9.47 Å².